The number of nitrogens with zero attached hydrogens (tertiary/aromatic N) is 1. The van der Waals surface area contributed by atoms with Gasteiger partial charge < -0.3 is 15.2 Å². The first-order valence-corrected chi connectivity index (χ1v) is 7.81. The van der Waals surface area contributed by atoms with Crippen molar-refractivity contribution in [1.82, 2.24) is 4.98 Å². The van der Waals surface area contributed by atoms with E-state index in [0.29, 0.717) is 10.2 Å². The van der Waals surface area contributed by atoms with Crippen LogP contribution in [0.1, 0.15) is 10.4 Å². The van der Waals surface area contributed by atoms with Crippen LogP contribution in [-0.2, 0) is 0 Å². The first-order chi connectivity index (χ1) is 10.7. The van der Waals surface area contributed by atoms with Crippen LogP contribution in [0.15, 0.2) is 22.3 Å². The molecule has 0 saturated carbocycles. The second kappa shape index (κ2) is 5.66. The molecule has 3 rings (SSSR count). The zero-order valence-corrected chi connectivity index (χ0v) is 12.6. The number of pyridine rings is 1. The summed E-state index contributed by atoms with van der Waals surface area (Å²) >= 11 is 2.70. The Morgan fingerprint density at radius 3 is 2.91 bits per heavy atom. The summed E-state index contributed by atoms with van der Waals surface area (Å²) in [6.07, 6.45) is 0. The summed E-state index contributed by atoms with van der Waals surface area (Å²) in [6.45, 7) is -0.206. The molecule has 3 aromatic rings. The second-order valence-corrected chi connectivity index (χ2v) is 6.23. The topological polar surface area (TPSA) is 97.1 Å². The van der Waals surface area contributed by atoms with Crippen LogP contribution in [0, 0.1) is 23.2 Å². The van der Waals surface area contributed by atoms with Gasteiger partial charge in [-0.1, -0.05) is 11.8 Å². The third kappa shape index (κ3) is 2.28. The van der Waals surface area contributed by atoms with Gasteiger partial charge >= 0.3 is 0 Å². The Balaban J connectivity index is 2.22. The summed E-state index contributed by atoms with van der Waals surface area (Å²) in [5.74, 6) is 5.10. The Morgan fingerprint density at radius 1 is 1.36 bits per heavy atom. The Hall–Kier alpha value is -2.58. The Labute approximate surface area is 132 Å². The molecule has 0 bridgehead atoms. The molecule has 0 spiro atoms. The number of thiophene rings is 2. The number of aromatic hydroxyl groups is 1. The van der Waals surface area contributed by atoms with E-state index in [9.17, 15) is 9.90 Å². The molecule has 0 aliphatic rings. The predicted octanol–water partition coefficient (Wildman–Crippen LogP) is 2.24. The number of aromatic amines is 1. The lowest BCUT2D eigenvalue weighted by molar-refractivity contribution is 0.350. The summed E-state index contributed by atoms with van der Waals surface area (Å²) in [6, 6.07) is 5.39. The maximum Gasteiger partial charge on any atom is 0.270 e. The minimum absolute atomic E-state index is 0.206. The second-order valence-electron chi connectivity index (χ2n) is 4.27. The van der Waals surface area contributed by atoms with Crippen molar-refractivity contribution in [2.45, 2.75) is 0 Å². The molecule has 0 fully saturated rings. The first kappa shape index (κ1) is 14.4. The molecular weight excluding hydrogens is 320 g/mol. The number of nitrogens with one attached hydrogen (secondary N) is 1. The Kier molecular flexibility index (Phi) is 3.70. The molecule has 7 heteroatoms. The van der Waals surface area contributed by atoms with Crippen LogP contribution in [0.25, 0.3) is 20.7 Å². The number of rotatable bonds is 1. The van der Waals surface area contributed by atoms with Crippen molar-refractivity contribution >= 4 is 32.9 Å². The van der Waals surface area contributed by atoms with Gasteiger partial charge in [0, 0.05) is 15.8 Å². The normalized spacial score (nSPS) is 10.2. The predicted molar refractivity (Wildman–Crippen MR) is 86.1 cm³/mol. The molecular formula is C15H8N2O3S2. The highest BCUT2D eigenvalue weighted by Gasteiger charge is 2.18. The molecule has 0 aromatic carbocycles. The minimum atomic E-state index is -0.596. The molecule has 0 amide bonds. The SMILES string of the molecule is N#Cc1c(O)c2c(-c3ccc(C#CCO)s3)csc2[nH]c1=O. The van der Waals surface area contributed by atoms with E-state index in [4.69, 9.17) is 10.4 Å². The number of aromatic nitrogens is 1. The zero-order valence-electron chi connectivity index (χ0n) is 11.0. The fraction of sp³-hybridized carbons (Fsp3) is 0.0667. The third-order valence-corrected chi connectivity index (χ3v) is 4.92. The van der Waals surface area contributed by atoms with Gasteiger partial charge in [0.2, 0.25) is 0 Å². The van der Waals surface area contributed by atoms with Crippen LogP contribution in [0.5, 0.6) is 5.75 Å². The number of H-pyrrole nitrogens is 1. The van der Waals surface area contributed by atoms with E-state index in [2.05, 4.69) is 16.8 Å². The van der Waals surface area contributed by atoms with E-state index < -0.39 is 5.56 Å². The van der Waals surface area contributed by atoms with Crippen LogP contribution in [0.3, 0.4) is 0 Å². The monoisotopic (exact) mass is 328 g/mol. The molecule has 3 N–H and O–H groups in total. The van der Waals surface area contributed by atoms with Gasteiger partial charge in [0.15, 0.2) is 5.56 Å². The van der Waals surface area contributed by atoms with Gasteiger partial charge in [-0.2, -0.15) is 5.26 Å². The standard InChI is InChI=1S/C15H8N2O3S2/c16-6-9-13(19)12-10(7-21-15(12)17-14(9)20)11-4-3-8(22-11)2-1-5-18/h3-4,7,18H,5H2,(H2,17,19,20). The third-order valence-electron chi connectivity index (χ3n) is 2.99. The van der Waals surface area contributed by atoms with E-state index >= 15 is 0 Å². The van der Waals surface area contributed by atoms with E-state index in [0.717, 1.165) is 15.3 Å². The molecule has 0 atom stereocenters. The number of hydrogen-bond acceptors (Lipinski definition) is 6. The van der Waals surface area contributed by atoms with E-state index in [1.807, 2.05) is 17.5 Å². The van der Waals surface area contributed by atoms with Gasteiger partial charge in [-0.25, -0.2) is 0 Å². The number of aliphatic hydroxyl groups excluding tert-OH is 1. The molecule has 0 radical (unpaired) electrons. The van der Waals surface area contributed by atoms with E-state index in [1.165, 1.54) is 22.7 Å². The fourth-order valence-electron chi connectivity index (χ4n) is 2.04. The van der Waals surface area contributed by atoms with Gasteiger partial charge in [0.05, 0.1) is 10.3 Å². The highest BCUT2D eigenvalue weighted by Crippen LogP contribution is 2.41. The lowest BCUT2D eigenvalue weighted by atomic mass is 10.1. The summed E-state index contributed by atoms with van der Waals surface area (Å²) in [5, 5.41) is 30.2. The van der Waals surface area contributed by atoms with Crippen LogP contribution in [0.2, 0.25) is 0 Å². The molecule has 108 valence electrons. The van der Waals surface area contributed by atoms with E-state index in [1.54, 1.807) is 6.07 Å². The molecule has 0 saturated heterocycles. The fourth-order valence-corrected chi connectivity index (χ4v) is 3.98. The molecule has 22 heavy (non-hydrogen) atoms. The average Bonchev–Trinajstić information content (AvgIpc) is 3.11. The van der Waals surface area contributed by atoms with Crippen LogP contribution < -0.4 is 5.56 Å². The van der Waals surface area contributed by atoms with Gasteiger partial charge in [0.1, 0.15) is 23.3 Å². The van der Waals surface area contributed by atoms with Crippen LogP contribution >= 0.6 is 22.7 Å². The smallest absolute Gasteiger partial charge is 0.270 e. The van der Waals surface area contributed by atoms with Crippen LogP contribution in [0.4, 0.5) is 0 Å². The number of nitriles is 1. The van der Waals surface area contributed by atoms with Gasteiger partial charge in [0.25, 0.3) is 5.56 Å². The van der Waals surface area contributed by atoms with Crippen molar-refractivity contribution in [3.63, 3.8) is 0 Å². The average molecular weight is 328 g/mol. The summed E-state index contributed by atoms with van der Waals surface area (Å²) in [7, 11) is 0. The first-order valence-electron chi connectivity index (χ1n) is 6.12. The van der Waals surface area contributed by atoms with Crippen molar-refractivity contribution in [2.24, 2.45) is 0 Å². The van der Waals surface area contributed by atoms with Gasteiger partial charge in [-0.3, -0.25) is 4.79 Å². The lowest BCUT2D eigenvalue weighted by Gasteiger charge is -2.00. The van der Waals surface area contributed by atoms with E-state index in [-0.39, 0.29) is 17.9 Å². The lowest BCUT2D eigenvalue weighted by Crippen LogP contribution is -2.09. The maximum absolute atomic E-state index is 11.7. The molecule has 3 aromatic heterocycles. The number of fused-ring (bicyclic) bond motifs is 1. The highest BCUT2D eigenvalue weighted by atomic mass is 32.1. The summed E-state index contributed by atoms with van der Waals surface area (Å²) in [5.41, 5.74) is -0.141. The molecule has 5 nitrogen and oxygen atoms in total. The quantitative estimate of drug-likeness (QED) is 0.597. The van der Waals surface area contributed by atoms with Crippen molar-refractivity contribution in [3.05, 3.63) is 38.3 Å². The van der Waals surface area contributed by atoms with Crippen molar-refractivity contribution in [2.75, 3.05) is 6.61 Å². The largest absolute Gasteiger partial charge is 0.506 e. The van der Waals surface area contributed by atoms with Gasteiger partial charge in [-0.15, -0.1) is 22.7 Å². The number of hydrogen-bond donors (Lipinski definition) is 3. The zero-order chi connectivity index (χ0) is 15.7. The number of aliphatic hydroxyl groups is 1. The van der Waals surface area contributed by atoms with Gasteiger partial charge in [-0.05, 0) is 12.1 Å². The Bertz CT molecular complexity index is 1030. The molecule has 0 unspecified atom stereocenters. The molecule has 3 heterocycles. The van der Waals surface area contributed by atoms with Crippen molar-refractivity contribution < 1.29 is 10.2 Å². The van der Waals surface area contributed by atoms with Crippen molar-refractivity contribution in [3.8, 4) is 34.1 Å². The Morgan fingerprint density at radius 2 is 2.18 bits per heavy atom. The minimum Gasteiger partial charge on any atom is -0.506 e. The summed E-state index contributed by atoms with van der Waals surface area (Å²) in [4.78, 5) is 16.5. The highest BCUT2D eigenvalue weighted by molar-refractivity contribution is 7.19. The van der Waals surface area contributed by atoms with Crippen molar-refractivity contribution in [1.29, 1.82) is 5.26 Å². The summed E-state index contributed by atoms with van der Waals surface area (Å²) < 4.78 is 0. The van der Waals surface area contributed by atoms with Crippen LogP contribution in [-0.4, -0.2) is 21.8 Å². The molecule has 0 aliphatic carbocycles. The maximum atomic E-state index is 11.7. The molecule has 0 aliphatic heterocycles.